The van der Waals surface area contributed by atoms with Crippen molar-refractivity contribution in [3.05, 3.63) is 40.0 Å². The van der Waals surface area contributed by atoms with E-state index in [1.54, 1.807) is 11.3 Å². The third kappa shape index (κ3) is 4.38. The van der Waals surface area contributed by atoms with Crippen LogP contribution < -0.4 is 11.1 Å². The van der Waals surface area contributed by atoms with Crippen LogP contribution in [0, 0.1) is 6.92 Å². The number of nitrogens with one attached hydrogen (secondary N) is 1. The fourth-order valence-electron chi connectivity index (χ4n) is 2.30. The molecule has 1 aromatic heterocycles. The van der Waals surface area contributed by atoms with Crippen molar-refractivity contribution in [1.29, 1.82) is 0 Å². The van der Waals surface area contributed by atoms with Gasteiger partial charge in [-0.05, 0) is 49.5 Å². The minimum atomic E-state index is 0. The van der Waals surface area contributed by atoms with Crippen molar-refractivity contribution in [2.75, 3.05) is 17.6 Å². The van der Waals surface area contributed by atoms with Crippen molar-refractivity contribution in [1.82, 2.24) is 4.98 Å². The predicted octanol–water partition coefficient (Wildman–Crippen LogP) is 4.80. The van der Waals surface area contributed by atoms with E-state index in [1.807, 2.05) is 19.1 Å². The number of thiazole rings is 1. The molecule has 0 saturated carbocycles. The van der Waals surface area contributed by atoms with E-state index >= 15 is 0 Å². The fourth-order valence-corrected chi connectivity index (χ4v) is 3.24. The first kappa shape index (κ1) is 18.8. The number of nitrogens with zero attached hydrogens (tertiary/aromatic N) is 1. The summed E-state index contributed by atoms with van der Waals surface area (Å²) in [6.07, 6.45) is 7.70. The monoisotopic (exact) mass is 357 g/mol. The first-order valence-electron chi connectivity index (χ1n) is 7.00. The number of benzene rings is 1. The molecule has 0 radical (unpaired) electrons. The molecule has 1 aromatic carbocycles. The first-order chi connectivity index (χ1) is 9.72. The maximum absolute atomic E-state index is 5.93. The van der Waals surface area contributed by atoms with Crippen LogP contribution in [0.15, 0.2) is 18.2 Å². The van der Waals surface area contributed by atoms with Gasteiger partial charge in [0, 0.05) is 12.2 Å². The fraction of sp³-hybridized carbons (Fsp3) is 0.312. The number of hydrogen-bond donors (Lipinski definition) is 2. The van der Waals surface area contributed by atoms with Gasteiger partial charge in [0.05, 0.1) is 5.69 Å². The third-order valence-electron chi connectivity index (χ3n) is 3.56. The molecule has 3 N–H and O–H groups in total. The largest absolute Gasteiger partial charge is 0.398 e. The summed E-state index contributed by atoms with van der Waals surface area (Å²) >= 11 is 1.73. The van der Waals surface area contributed by atoms with Crippen molar-refractivity contribution in [2.45, 2.75) is 26.2 Å². The summed E-state index contributed by atoms with van der Waals surface area (Å²) < 4.78 is 0. The van der Waals surface area contributed by atoms with Crippen LogP contribution in [0.25, 0.3) is 12.2 Å². The summed E-state index contributed by atoms with van der Waals surface area (Å²) in [6, 6.07) is 6.13. The zero-order valence-corrected chi connectivity index (χ0v) is 14.9. The van der Waals surface area contributed by atoms with Crippen LogP contribution in [-0.2, 0) is 6.42 Å². The smallest absolute Gasteiger partial charge is 0.118 e. The van der Waals surface area contributed by atoms with Crippen LogP contribution in [-0.4, -0.2) is 11.5 Å². The van der Waals surface area contributed by atoms with E-state index in [4.69, 9.17) is 10.7 Å². The van der Waals surface area contributed by atoms with Gasteiger partial charge in [-0.25, -0.2) is 4.98 Å². The van der Waals surface area contributed by atoms with Crippen LogP contribution >= 0.6 is 36.2 Å². The highest BCUT2D eigenvalue weighted by atomic mass is 35.5. The minimum absolute atomic E-state index is 0. The molecule has 0 saturated heterocycles. The van der Waals surface area contributed by atoms with Crippen molar-refractivity contribution < 1.29 is 0 Å². The van der Waals surface area contributed by atoms with Crippen LogP contribution in [0.5, 0.6) is 0 Å². The second-order valence-corrected chi connectivity index (χ2v) is 6.19. The molecule has 0 amide bonds. The van der Waals surface area contributed by atoms with Gasteiger partial charge in [0.15, 0.2) is 0 Å². The summed E-state index contributed by atoms with van der Waals surface area (Å²) in [6.45, 7) is 3.08. The number of halogens is 2. The van der Waals surface area contributed by atoms with Gasteiger partial charge in [-0.1, -0.05) is 29.5 Å². The molecule has 3 rings (SSSR count). The van der Waals surface area contributed by atoms with Crippen LogP contribution in [0.2, 0.25) is 0 Å². The van der Waals surface area contributed by atoms with Crippen molar-refractivity contribution in [3.63, 3.8) is 0 Å². The normalized spacial score (nSPS) is 13.5. The van der Waals surface area contributed by atoms with Gasteiger partial charge in [-0.2, -0.15) is 0 Å². The molecule has 0 unspecified atom stereocenters. The molecule has 3 nitrogen and oxygen atoms in total. The average Bonchev–Trinajstić information content (AvgIpc) is 2.70. The summed E-state index contributed by atoms with van der Waals surface area (Å²) in [7, 11) is 0. The van der Waals surface area contributed by atoms with Crippen LogP contribution in [0.4, 0.5) is 10.7 Å². The minimum Gasteiger partial charge on any atom is -0.398 e. The highest BCUT2D eigenvalue weighted by molar-refractivity contribution is 7.16. The maximum atomic E-state index is 5.93. The van der Waals surface area contributed by atoms with Crippen molar-refractivity contribution in [3.8, 4) is 0 Å². The molecular weight excluding hydrogens is 337 g/mol. The number of nitrogens with two attached hydrogens (primary N) is 1. The van der Waals surface area contributed by atoms with Gasteiger partial charge < -0.3 is 11.1 Å². The molecule has 2 aromatic rings. The van der Waals surface area contributed by atoms with Crippen molar-refractivity contribution >= 4 is 59.0 Å². The molecule has 120 valence electrons. The molecule has 0 aliphatic carbocycles. The molecule has 6 heteroatoms. The topological polar surface area (TPSA) is 50.9 Å². The summed E-state index contributed by atoms with van der Waals surface area (Å²) in [5.74, 6) is 0. The molecule has 0 fully saturated rings. The Balaban J connectivity index is 0.00000121. The number of aromatic nitrogens is 1. The van der Waals surface area contributed by atoms with E-state index in [-0.39, 0.29) is 24.8 Å². The molecule has 22 heavy (non-hydrogen) atoms. The molecule has 2 heterocycles. The summed E-state index contributed by atoms with van der Waals surface area (Å²) in [4.78, 5) is 4.70. The Kier molecular flexibility index (Phi) is 7.20. The predicted molar refractivity (Wildman–Crippen MR) is 103 cm³/mol. The summed E-state index contributed by atoms with van der Waals surface area (Å²) in [5, 5.41) is 5.76. The zero-order valence-electron chi connectivity index (χ0n) is 12.5. The number of rotatable bonds is 2. The lowest BCUT2D eigenvalue weighted by atomic mass is 10.1. The van der Waals surface area contributed by atoms with E-state index in [0.29, 0.717) is 0 Å². The molecule has 0 atom stereocenters. The van der Waals surface area contributed by atoms with E-state index in [0.717, 1.165) is 34.8 Å². The number of aryl methyl sites for hydroxylation is 2. The average molecular weight is 358 g/mol. The van der Waals surface area contributed by atoms with E-state index < -0.39 is 0 Å². The standard InChI is InChI=1S/C16H19N3S.2ClH/c1-11-5-6-12(10-13(11)17)7-8-15-19-14-4-2-3-9-18-16(14)20-15;;/h5-8,10,18H,2-4,9,17H2,1H3;2*1H/b8-7+;;. The Hall–Kier alpha value is -1.23. The Bertz CT molecular complexity index is 629. The third-order valence-corrected chi connectivity index (χ3v) is 4.58. The van der Waals surface area contributed by atoms with Crippen LogP contribution in [0.1, 0.15) is 34.7 Å². The van der Waals surface area contributed by atoms with Gasteiger partial charge in [0.25, 0.3) is 0 Å². The van der Waals surface area contributed by atoms with Gasteiger partial charge in [-0.15, -0.1) is 24.8 Å². The first-order valence-corrected chi connectivity index (χ1v) is 7.82. The lowest BCUT2D eigenvalue weighted by molar-refractivity contribution is 0.774. The number of anilines is 2. The molecule has 0 spiro atoms. The molecule has 1 aliphatic rings. The number of fused-ring (bicyclic) bond motifs is 1. The highest BCUT2D eigenvalue weighted by Crippen LogP contribution is 2.29. The lowest BCUT2D eigenvalue weighted by Crippen LogP contribution is -1.96. The molecule has 0 bridgehead atoms. The van der Waals surface area contributed by atoms with Crippen LogP contribution in [0.3, 0.4) is 0 Å². The van der Waals surface area contributed by atoms with E-state index in [2.05, 4.69) is 23.5 Å². The lowest BCUT2D eigenvalue weighted by Gasteiger charge is -2.00. The number of nitrogen functional groups attached to an aromatic ring is 1. The zero-order chi connectivity index (χ0) is 13.9. The molecular formula is C16H21Cl2N3S. The van der Waals surface area contributed by atoms with Crippen molar-refractivity contribution in [2.24, 2.45) is 0 Å². The summed E-state index contributed by atoms with van der Waals surface area (Å²) in [5.41, 5.74) is 10.2. The second-order valence-electron chi connectivity index (χ2n) is 5.16. The van der Waals surface area contributed by atoms with E-state index in [1.165, 1.54) is 23.5 Å². The van der Waals surface area contributed by atoms with E-state index in [9.17, 15) is 0 Å². The molecule has 1 aliphatic heterocycles. The SMILES string of the molecule is Cc1ccc(/C=C/c2nc3c(s2)NCCCC3)cc1N.Cl.Cl. The maximum Gasteiger partial charge on any atom is 0.118 e. The highest BCUT2D eigenvalue weighted by Gasteiger charge is 2.12. The Morgan fingerprint density at radius 2 is 2.05 bits per heavy atom. The Morgan fingerprint density at radius 3 is 2.82 bits per heavy atom. The van der Waals surface area contributed by atoms with Gasteiger partial charge in [-0.3, -0.25) is 0 Å². The van der Waals surface area contributed by atoms with Gasteiger partial charge in [0.2, 0.25) is 0 Å². The quantitative estimate of drug-likeness (QED) is 0.759. The Labute approximate surface area is 147 Å². The number of hydrogen-bond acceptors (Lipinski definition) is 4. The Morgan fingerprint density at radius 1 is 1.23 bits per heavy atom. The van der Waals surface area contributed by atoms with Gasteiger partial charge in [0.1, 0.15) is 10.0 Å². The second kappa shape index (κ2) is 8.42. The van der Waals surface area contributed by atoms with Gasteiger partial charge >= 0.3 is 0 Å².